The van der Waals surface area contributed by atoms with Gasteiger partial charge in [-0.25, -0.2) is 0 Å². The highest BCUT2D eigenvalue weighted by molar-refractivity contribution is 8.10. The first-order valence-corrected chi connectivity index (χ1v) is 15.4. The molecule has 180 valence electrons. The van der Waals surface area contributed by atoms with Crippen molar-refractivity contribution in [1.82, 2.24) is 0 Å². The van der Waals surface area contributed by atoms with Gasteiger partial charge in [0.2, 0.25) is 0 Å². The molecule has 3 aromatic rings. The van der Waals surface area contributed by atoms with Gasteiger partial charge in [0.1, 0.15) is 5.60 Å². The zero-order valence-electron chi connectivity index (χ0n) is 20.5. The molecule has 1 aliphatic rings. The van der Waals surface area contributed by atoms with E-state index in [2.05, 4.69) is 109 Å². The molecule has 0 saturated carbocycles. The van der Waals surface area contributed by atoms with E-state index in [1.54, 1.807) is 0 Å². The lowest BCUT2D eigenvalue weighted by Gasteiger charge is -2.45. The molecule has 0 aromatic heterocycles. The van der Waals surface area contributed by atoms with Crippen LogP contribution in [0, 0.1) is 17.8 Å². The summed E-state index contributed by atoms with van der Waals surface area (Å²) < 4.78 is 19.8. The van der Waals surface area contributed by atoms with Gasteiger partial charge in [-0.1, -0.05) is 121 Å². The van der Waals surface area contributed by atoms with Crippen molar-refractivity contribution >= 4 is 16.8 Å². The normalized spacial score (nSPS) is 26.2. The molecule has 7 atom stereocenters. The fourth-order valence-corrected chi connectivity index (χ4v) is 5.87. The monoisotopic (exact) mass is 494 g/mol. The molecule has 4 unspecified atom stereocenters. The summed E-state index contributed by atoms with van der Waals surface area (Å²) in [5.41, 5.74) is 2.57. The van der Waals surface area contributed by atoms with Gasteiger partial charge >= 0.3 is 0 Å². The summed E-state index contributed by atoms with van der Waals surface area (Å²) in [5, 5.41) is 0. The Morgan fingerprint density at radius 3 is 1.59 bits per heavy atom. The Kier molecular flexibility index (Phi) is 8.57. The molecule has 3 nitrogen and oxygen atoms in total. The number of ether oxygens (including phenoxy) is 2. The van der Waals surface area contributed by atoms with E-state index in [1.165, 1.54) is 0 Å². The lowest BCUT2D eigenvalue weighted by atomic mass is 9.78. The first kappa shape index (κ1) is 25.5. The Bertz CT molecular complexity index is 917. The molecule has 5 heteroatoms. The molecule has 0 amide bonds. The van der Waals surface area contributed by atoms with Gasteiger partial charge in [0.25, 0.3) is 0 Å². The van der Waals surface area contributed by atoms with Crippen molar-refractivity contribution in [2.45, 2.75) is 38.8 Å². The minimum Gasteiger partial charge on any atom is -0.358 e. The minimum absolute atomic E-state index is 0.0633. The molecule has 0 radical (unpaired) electrons. The van der Waals surface area contributed by atoms with Gasteiger partial charge in [-0.15, -0.1) is 0 Å². The molecule has 1 fully saturated rings. The van der Waals surface area contributed by atoms with Gasteiger partial charge in [0, 0.05) is 13.8 Å². The second-order valence-corrected chi connectivity index (χ2v) is 12.8. The highest BCUT2D eigenvalue weighted by atomic mass is 32.0. The van der Waals surface area contributed by atoms with Gasteiger partial charge < -0.3 is 14.0 Å². The fraction of sp³-hybridized carbons (Fsp3) is 0.379. The van der Waals surface area contributed by atoms with Crippen LogP contribution in [0.3, 0.4) is 0 Å². The number of hydrogen-bond acceptors (Lipinski definition) is 3. The van der Waals surface area contributed by atoms with E-state index in [9.17, 15) is 0 Å². The van der Waals surface area contributed by atoms with E-state index in [0.717, 1.165) is 16.7 Å². The summed E-state index contributed by atoms with van der Waals surface area (Å²) in [4.78, 5) is 0. The van der Waals surface area contributed by atoms with Crippen molar-refractivity contribution in [3.63, 3.8) is 0 Å². The topological polar surface area (TPSA) is 27.7 Å². The van der Waals surface area contributed by atoms with E-state index in [0.29, 0.717) is 24.4 Å². The number of benzene rings is 3. The molecule has 1 aliphatic heterocycles. The third-order valence-electron chi connectivity index (χ3n) is 7.26. The lowest BCUT2D eigenvalue weighted by Crippen LogP contribution is -2.48. The number of hydrogen-bond donors (Lipinski definition) is 0. The summed E-state index contributed by atoms with van der Waals surface area (Å²) in [5.74, 6) is 1.15. The molecule has 0 N–H and O–H groups in total. The summed E-state index contributed by atoms with van der Waals surface area (Å²) in [6.45, 7) is 9.37. The van der Waals surface area contributed by atoms with E-state index < -0.39 is 13.4 Å². The average molecular weight is 495 g/mol. The van der Waals surface area contributed by atoms with Crippen LogP contribution in [0.1, 0.15) is 37.5 Å². The summed E-state index contributed by atoms with van der Waals surface area (Å²) in [6, 6.07) is 31.5. The van der Waals surface area contributed by atoms with Crippen LogP contribution in [0.5, 0.6) is 0 Å². The largest absolute Gasteiger partial charge is 0.358 e. The zero-order valence-corrected chi connectivity index (χ0v) is 22.6. The van der Waals surface area contributed by atoms with Gasteiger partial charge in [0.05, 0.1) is 12.7 Å². The Labute approximate surface area is 208 Å². The Morgan fingerprint density at radius 2 is 1.18 bits per heavy atom. The van der Waals surface area contributed by atoms with Gasteiger partial charge in [-0.2, -0.15) is 0 Å². The predicted molar refractivity (Wildman–Crippen MR) is 145 cm³/mol. The van der Waals surface area contributed by atoms with Crippen molar-refractivity contribution in [3.8, 4) is 0 Å². The molecule has 34 heavy (non-hydrogen) atoms. The van der Waals surface area contributed by atoms with Crippen molar-refractivity contribution in [2.75, 3.05) is 13.3 Å². The Morgan fingerprint density at radius 1 is 0.735 bits per heavy atom. The summed E-state index contributed by atoms with van der Waals surface area (Å²) >= 11 is 0. The zero-order chi connectivity index (χ0) is 24.1. The molecule has 1 heterocycles. The van der Waals surface area contributed by atoms with Crippen LogP contribution < -0.4 is 0 Å². The van der Waals surface area contributed by atoms with E-state index in [4.69, 9.17) is 14.0 Å². The van der Waals surface area contributed by atoms with Gasteiger partial charge in [-0.3, -0.25) is 0 Å². The highest BCUT2D eigenvalue weighted by Crippen LogP contribution is 2.48. The first-order chi connectivity index (χ1) is 16.4. The van der Waals surface area contributed by atoms with E-state index >= 15 is 0 Å². The maximum Gasteiger partial charge on any atom is 0.165 e. The molecule has 4 rings (SSSR count). The van der Waals surface area contributed by atoms with Crippen LogP contribution in [-0.2, 0) is 19.6 Å². The maximum absolute atomic E-state index is 7.05. The fourth-order valence-electron chi connectivity index (χ4n) is 4.94. The highest BCUT2D eigenvalue weighted by Gasteiger charge is 2.43. The Balaban J connectivity index is 1.73. The van der Waals surface area contributed by atoms with E-state index in [1.807, 2.05) is 18.2 Å². The summed E-state index contributed by atoms with van der Waals surface area (Å²) in [6.07, 6.45) is -0.278. The SMILES string of the molecule is CC1[C@H](OP(C)P)OC(COC(c2ccccc2)(c2ccccc2)c2ccccc2)[C@@H](C)[C@@H]1C. The predicted octanol–water partition coefficient (Wildman–Crippen LogP) is 7.46. The van der Waals surface area contributed by atoms with Gasteiger partial charge in [-0.05, 0) is 35.2 Å². The number of rotatable bonds is 8. The smallest absolute Gasteiger partial charge is 0.165 e. The van der Waals surface area contributed by atoms with Crippen molar-refractivity contribution in [3.05, 3.63) is 108 Å². The van der Waals surface area contributed by atoms with E-state index in [-0.39, 0.29) is 12.4 Å². The van der Waals surface area contributed by atoms with Crippen LogP contribution >= 0.6 is 16.8 Å². The van der Waals surface area contributed by atoms with Crippen LogP contribution in [0.15, 0.2) is 91.0 Å². The third kappa shape index (κ3) is 5.30. The average Bonchev–Trinajstić information content (AvgIpc) is 2.87. The molecule has 3 aromatic carbocycles. The second-order valence-electron chi connectivity index (χ2n) is 9.36. The van der Waals surface area contributed by atoms with Crippen LogP contribution in [0.4, 0.5) is 0 Å². The lowest BCUT2D eigenvalue weighted by molar-refractivity contribution is -0.227. The standard InChI is InChI=1S/C29H36O3P2/c1-21-22(2)27(31-28(23(21)3)32-34(4)33)20-30-29(24-14-8-5-9-15-24,25-16-10-6-11-17-25)26-18-12-7-13-19-26/h5-19,21-23,27-28H,20,33H2,1-4H3/t21-,22-,23?,27?,28-,34?/m0/s1. The maximum atomic E-state index is 7.05. The quantitative estimate of drug-likeness (QED) is 0.240. The molecular formula is C29H36O3P2. The van der Waals surface area contributed by atoms with Crippen LogP contribution in [-0.4, -0.2) is 25.7 Å². The van der Waals surface area contributed by atoms with Gasteiger partial charge in [0.15, 0.2) is 6.29 Å². The van der Waals surface area contributed by atoms with Crippen LogP contribution in [0.25, 0.3) is 0 Å². The Hall–Kier alpha value is -1.60. The molecular weight excluding hydrogens is 458 g/mol. The molecule has 0 bridgehead atoms. The summed E-state index contributed by atoms with van der Waals surface area (Å²) in [7, 11) is 2.19. The van der Waals surface area contributed by atoms with Crippen LogP contribution in [0.2, 0.25) is 0 Å². The molecule has 0 spiro atoms. The second kappa shape index (κ2) is 11.4. The van der Waals surface area contributed by atoms with Crippen molar-refractivity contribution < 1.29 is 14.0 Å². The third-order valence-corrected chi connectivity index (χ3v) is 8.16. The first-order valence-electron chi connectivity index (χ1n) is 12.0. The van der Waals surface area contributed by atoms with Crippen molar-refractivity contribution in [2.24, 2.45) is 17.8 Å². The van der Waals surface area contributed by atoms with Crippen molar-refractivity contribution in [1.29, 1.82) is 0 Å². The molecule has 1 saturated heterocycles. The molecule has 0 aliphatic carbocycles. The minimum atomic E-state index is -0.743.